The van der Waals surface area contributed by atoms with Crippen LogP contribution in [0.5, 0.6) is 0 Å². The number of hydrogen-bond donors (Lipinski definition) is 2. The molecule has 22 heavy (non-hydrogen) atoms. The van der Waals surface area contributed by atoms with Crippen LogP contribution in [0.1, 0.15) is 31.9 Å². The molecule has 3 N–H and O–H groups in total. The number of H-pyrrole nitrogens is 1. The van der Waals surface area contributed by atoms with Crippen LogP contribution >= 0.6 is 0 Å². The van der Waals surface area contributed by atoms with Crippen molar-refractivity contribution in [1.29, 1.82) is 0 Å². The summed E-state index contributed by atoms with van der Waals surface area (Å²) in [6, 6.07) is 1.82. The summed E-state index contributed by atoms with van der Waals surface area (Å²) in [5.74, 6) is 0.187. The van der Waals surface area contributed by atoms with Crippen molar-refractivity contribution < 1.29 is 8.42 Å². The van der Waals surface area contributed by atoms with Gasteiger partial charge in [-0.05, 0) is 18.9 Å². The number of nitrogens with one attached hydrogen (secondary N) is 1. The summed E-state index contributed by atoms with van der Waals surface area (Å²) < 4.78 is 24.1. The first-order valence-corrected chi connectivity index (χ1v) is 9.43. The second-order valence-electron chi connectivity index (χ2n) is 5.56. The zero-order valence-electron chi connectivity index (χ0n) is 12.9. The number of nitrogen functional groups attached to an aromatic ring is 1. The molecule has 0 aliphatic rings. The third-order valence-electron chi connectivity index (χ3n) is 3.57. The molecule has 0 atom stereocenters. The monoisotopic (exact) mass is 326 g/mol. The summed E-state index contributed by atoms with van der Waals surface area (Å²) in [5.41, 5.74) is 7.46. The molecule has 0 saturated carbocycles. The number of aromatic amines is 1. The molecule has 2 aromatic heterocycles. The lowest BCUT2D eigenvalue weighted by molar-refractivity contribution is 0.594. The number of anilines is 1. The number of unbranched alkanes of at least 4 members (excludes halogenated alkanes) is 2. The molecule has 2 aromatic rings. The number of aryl methyl sites for hydroxylation is 2. The number of sulfone groups is 1. The average Bonchev–Trinajstić information content (AvgIpc) is 2.73. The van der Waals surface area contributed by atoms with Gasteiger partial charge in [0.1, 0.15) is 21.2 Å². The number of pyridine rings is 1. The minimum absolute atomic E-state index is 0.0900. The molecule has 7 nitrogen and oxygen atoms in total. The van der Waals surface area contributed by atoms with Crippen molar-refractivity contribution in [1.82, 2.24) is 14.5 Å². The number of aromatic nitrogens is 3. The molecule has 0 saturated heterocycles. The van der Waals surface area contributed by atoms with Gasteiger partial charge < -0.3 is 10.7 Å². The molecule has 0 aliphatic heterocycles. The first-order valence-electron chi connectivity index (χ1n) is 7.37. The summed E-state index contributed by atoms with van der Waals surface area (Å²) in [6.07, 6.45) is 5.17. The number of fused-ring (bicyclic) bond motifs is 1. The maximum atomic E-state index is 12.0. The van der Waals surface area contributed by atoms with Gasteiger partial charge in [-0.3, -0.25) is 4.57 Å². The lowest BCUT2D eigenvalue weighted by atomic mass is 10.1. The number of rotatable bonds is 7. The lowest BCUT2D eigenvalue weighted by Crippen LogP contribution is -2.21. The molecular formula is C14H22N4O3S. The van der Waals surface area contributed by atoms with E-state index in [4.69, 9.17) is 5.73 Å². The number of nitrogens with two attached hydrogens (primary N) is 1. The van der Waals surface area contributed by atoms with Crippen LogP contribution in [0.25, 0.3) is 11.0 Å². The molecular weight excluding hydrogens is 304 g/mol. The van der Waals surface area contributed by atoms with E-state index in [1.165, 1.54) is 4.57 Å². The molecule has 0 spiro atoms. The molecule has 8 heteroatoms. The van der Waals surface area contributed by atoms with Crippen LogP contribution in [0.4, 0.5) is 5.82 Å². The van der Waals surface area contributed by atoms with Crippen molar-refractivity contribution in [3.8, 4) is 0 Å². The molecule has 0 aromatic carbocycles. The van der Waals surface area contributed by atoms with Crippen molar-refractivity contribution in [2.24, 2.45) is 0 Å². The maximum absolute atomic E-state index is 12.0. The highest BCUT2D eigenvalue weighted by Gasteiger charge is 2.13. The highest BCUT2D eigenvalue weighted by molar-refractivity contribution is 7.90. The first kappa shape index (κ1) is 16.5. The van der Waals surface area contributed by atoms with E-state index >= 15 is 0 Å². The van der Waals surface area contributed by atoms with E-state index in [9.17, 15) is 13.2 Å². The van der Waals surface area contributed by atoms with Gasteiger partial charge in [0.2, 0.25) is 0 Å². The summed E-state index contributed by atoms with van der Waals surface area (Å²) in [7, 11) is -3.14. The number of hydrogen-bond acceptors (Lipinski definition) is 5. The molecule has 2 rings (SSSR count). The summed E-state index contributed by atoms with van der Waals surface area (Å²) in [6.45, 7) is 2.23. The average molecular weight is 326 g/mol. The van der Waals surface area contributed by atoms with Crippen LogP contribution in [0.15, 0.2) is 10.9 Å². The Balaban J connectivity index is 2.39. The molecule has 0 bridgehead atoms. The Morgan fingerprint density at radius 2 is 2.09 bits per heavy atom. The molecule has 0 radical (unpaired) electrons. The predicted octanol–water partition coefficient (Wildman–Crippen LogP) is 1.08. The Morgan fingerprint density at radius 1 is 1.36 bits per heavy atom. The van der Waals surface area contributed by atoms with E-state index < -0.39 is 9.84 Å². The van der Waals surface area contributed by atoms with Gasteiger partial charge in [0, 0.05) is 18.5 Å². The third-order valence-corrected chi connectivity index (χ3v) is 4.49. The molecule has 0 amide bonds. The second-order valence-corrected chi connectivity index (χ2v) is 7.82. The highest BCUT2D eigenvalue weighted by atomic mass is 32.2. The maximum Gasteiger partial charge on any atom is 0.326 e. The standard InChI is InChI=1S/C14H22N4O3S/c1-3-4-5-6-10-9-11-12(13(15)16-10)17-14(19)18(11)7-8-22(2,20)21/h9H,3-8H2,1-2H3,(H2,15,16)(H,17,19). The Labute approximate surface area is 129 Å². The van der Waals surface area contributed by atoms with Gasteiger partial charge in [-0.25, -0.2) is 18.2 Å². The normalized spacial score (nSPS) is 12.1. The Hall–Kier alpha value is -1.83. The van der Waals surface area contributed by atoms with Gasteiger partial charge in [-0.2, -0.15) is 0 Å². The molecule has 2 heterocycles. The zero-order chi connectivity index (χ0) is 16.3. The van der Waals surface area contributed by atoms with E-state index in [1.54, 1.807) is 0 Å². The van der Waals surface area contributed by atoms with E-state index in [2.05, 4.69) is 16.9 Å². The zero-order valence-corrected chi connectivity index (χ0v) is 13.7. The minimum Gasteiger partial charge on any atom is -0.382 e. The van der Waals surface area contributed by atoms with Crippen LogP contribution in [-0.2, 0) is 22.8 Å². The Morgan fingerprint density at radius 3 is 2.73 bits per heavy atom. The first-order chi connectivity index (χ1) is 10.3. The van der Waals surface area contributed by atoms with Gasteiger partial charge >= 0.3 is 5.69 Å². The smallest absolute Gasteiger partial charge is 0.326 e. The molecule has 0 fully saturated rings. The summed E-state index contributed by atoms with van der Waals surface area (Å²) in [5, 5.41) is 0. The van der Waals surface area contributed by atoms with E-state index in [0.29, 0.717) is 11.0 Å². The Bertz CT molecular complexity index is 820. The van der Waals surface area contributed by atoms with Crippen LogP contribution in [0.3, 0.4) is 0 Å². The fraction of sp³-hybridized carbons (Fsp3) is 0.571. The topological polar surface area (TPSA) is 111 Å². The summed E-state index contributed by atoms with van der Waals surface area (Å²) >= 11 is 0. The van der Waals surface area contributed by atoms with Crippen molar-refractivity contribution >= 4 is 26.7 Å². The molecule has 122 valence electrons. The fourth-order valence-corrected chi connectivity index (χ4v) is 2.91. The molecule has 0 unspecified atom stereocenters. The van der Waals surface area contributed by atoms with Crippen LogP contribution in [0.2, 0.25) is 0 Å². The highest BCUT2D eigenvalue weighted by Crippen LogP contribution is 2.18. The van der Waals surface area contributed by atoms with Gasteiger partial charge in [-0.1, -0.05) is 19.8 Å². The predicted molar refractivity (Wildman–Crippen MR) is 87.7 cm³/mol. The van der Waals surface area contributed by atoms with Crippen LogP contribution in [0, 0.1) is 0 Å². The minimum atomic E-state index is -3.14. The van der Waals surface area contributed by atoms with Gasteiger partial charge in [0.05, 0.1) is 11.3 Å². The largest absolute Gasteiger partial charge is 0.382 e. The van der Waals surface area contributed by atoms with Crippen molar-refractivity contribution in [2.45, 2.75) is 39.2 Å². The number of imidazole rings is 1. The van der Waals surface area contributed by atoms with E-state index in [1.807, 2.05) is 6.07 Å². The summed E-state index contributed by atoms with van der Waals surface area (Å²) in [4.78, 5) is 19.0. The third kappa shape index (κ3) is 3.88. The van der Waals surface area contributed by atoms with Crippen LogP contribution < -0.4 is 11.4 Å². The van der Waals surface area contributed by atoms with Gasteiger partial charge in [0.25, 0.3) is 0 Å². The van der Waals surface area contributed by atoms with Crippen molar-refractivity contribution in [3.63, 3.8) is 0 Å². The van der Waals surface area contributed by atoms with Gasteiger partial charge in [-0.15, -0.1) is 0 Å². The van der Waals surface area contributed by atoms with E-state index in [0.717, 1.165) is 37.6 Å². The van der Waals surface area contributed by atoms with Crippen LogP contribution in [-0.4, -0.2) is 35.0 Å². The quantitative estimate of drug-likeness (QED) is 0.740. The molecule has 0 aliphatic carbocycles. The fourth-order valence-electron chi connectivity index (χ4n) is 2.39. The SMILES string of the molecule is CCCCCc1cc2c([nH]c(=O)n2CCS(C)(=O)=O)c(N)n1. The van der Waals surface area contributed by atoms with E-state index in [-0.39, 0.29) is 23.8 Å². The lowest BCUT2D eigenvalue weighted by Gasteiger charge is -2.06. The second kappa shape index (κ2) is 6.51. The van der Waals surface area contributed by atoms with Crippen molar-refractivity contribution in [3.05, 3.63) is 22.2 Å². The Kier molecular flexibility index (Phi) is 4.90. The van der Waals surface area contributed by atoms with Crippen molar-refractivity contribution in [2.75, 3.05) is 17.7 Å². The number of nitrogens with zero attached hydrogens (tertiary/aromatic N) is 2. The van der Waals surface area contributed by atoms with Gasteiger partial charge in [0.15, 0.2) is 0 Å².